The number of hydrogen-bond donors (Lipinski definition) is 2. The number of nitrogens with one attached hydrogen (secondary N) is 1. The zero-order valence-electron chi connectivity index (χ0n) is 23.9. The molecule has 8 heteroatoms. The number of ether oxygens (including phenoxy) is 3. The second kappa shape index (κ2) is 14.2. The van der Waals surface area contributed by atoms with Crippen molar-refractivity contribution in [3.05, 3.63) is 59.7 Å². The minimum Gasteiger partial charge on any atom is -0.507 e. The molecule has 8 nitrogen and oxygen atoms in total. The maximum atomic E-state index is 13.2. The fourth-order valence-electron chi connectivity index (χ4n) is 4.88. The van der Waals surface area contributed by atoms with Gasteiger partial charge in [-0.15, -0.1) is 0 Å². The van der Waals surface area contributed by atoms with Crippen LogP contribution in [0, 0.1) is 5.92 Å². The molecule has 1 aliphatic rings. The molecule has 0 radical (unpaired) electrons. The highest BCUT2D eigenvalue weighted by atomic mass is 16.6. The molecule has 0 bridgehead atoms. The van der Waals surface area contributed by atoms with E-state index in [4.69, 9.17) is 14.2 Å². The van der Waals surface area contributed by atoms with Gasteiger partial charge in [0, 0.05) is 26.6 Å². The molecule has 0 aliphatic heterocycles. The lowest BCUT2D eigenvalue weighted by atomic mass is 9.90. The van der Waals surface area contributed by atoms with E-state index in [2.05, 4.69) is 5.32 Å². The number of para-hydroxylation sites is 1. The lowest BCUT2D eigenvalue weighted by molar-refractivity contribution is -0.0107. The van der Waals surface area contributed by atoms with Crippen LogP contribution < -0.4 is 10.1 Å². The molecule has 2 N–H and O–H groups in total. The first kappa shape index (κ1) is 30.3. The van der Waals surface area contributed by atoms with Gasteiger partial charge in [-0.3, -0.25) is 4.79 Å². The summed E-state index contributed by atoms with van der Waals surface area (Å²) in [6, 6.07) is 13.6. The van der Waals surface area contributed by atoms with Crippen LogP contribution in [-0.4, -0.2) is 67.1 Å². The zero-order chi connectivity index (χ0) is 28.4. The van der Waals surface area contributed by atoms with Crippen molar-refractivity contribution >= 4 is 12.0 Å². The van der Waals surface area contributed by atoms with E-state index in [0.717, 1.165) is 24.2 Å². The van der Waals surface area contributed by atoms with Crippen molar-refractivity contribution in [2.45, 2.75) is 77.0 Å². The van der Waals surface area contributed by atoms with Crippen molar-refractivity contribution in [1.29, 1.82) is 0 Å². The Bertz CT molecular complexity index is 1060. The number of amides is 2. The van der Waals surface area contributed by atoms with Crippen LogP contribution in [0.3, 0.4) is 0 Å². The lowest BCUT2D eigenvalue weighted by Gasteiger charge is -2.34. The SMILES string of the molecule is COc1ccc(CC(OCC2CCCCC2)C(CN(C)C(=O)c2ccccc2O)NC(=O)OC(C)(C)C)cc1. The first-order valence-electron chi connectivity index (χ1n) is 13.8. The second-order valence-corrected chi connectivity index (χ2v) is 11.4. The topological polar surface area (TPSA) is 97.3 Å². The van der Waals surface area contributed by atoms with E-state index in [-0.39, 0.29) is 23.8 Å². The minimum atomic E-state index is -0.680. The Balaban J connectivity index is 1.86. The summed E-state index contributed by atoms with van der Waals surface area (Å²) in [7, 11) is 3.29. The number of aromatic hydroxyl groups is 1. The van der Waals surface area contributed by atoms with Crippen LogP contribution >= 0.6 is 0 Å². The van der Waals surface area contributed by atoms with Crippen LogP contribution in [0.2, 0.25) is 0 Å². The van der Waals surface area contributed by atoms with Crippen LogP contribution in [0.15, 0.2) is 48.5 Å². The van der Waals surface area contributed by atoms with Crippen molar-refractivity contribution in [2.75, 3.05) is 27.3 Å². The average molecular weight is 541 g/mol. The number of methoxy groups -OCH3 is 1. The monoisotopic (exact) mass is 540 g/mol. The number of carbonyl (C=O) groups is 2. The third-order valence-corrected chi connectivity index (χ3v) is 6.97. The highest BCUT2D eigenvalue weighted by Crippen LogP contribution is 2.26. The van der Waals surface area contributed by atoms with E-state index < -0.39 is 23.8 Å². The van der Waals surface area contributed by atoms with Gasteiger partial charge in [0.15, 0.2) is 0 Å². The Labute approximate surface area is 232 Å². The molecule has 2 amide bonds. The predicted molar refractivity (Wildman–Crippen MR) is 151 cm³/mol. The van der Waals surface area contributed by atoms with Gasteiger partial charge in [0.1, 0.15) is 17.1 Å². The maximum Gasteiger partial charge on any atom is 0.408 e. The van der Waals surface area contributed by atoms with Crippen LogP contribution in [-0.2, 0) is 15.9 Å². The molecule has 2 atom stereocenters. The number of benzene rings is 2. The quantitative estimate of drug-likeness (QED) is 0.387. The normalized spacial score (nSPS) is 15.7. The Morgan fingerprint density at radius 3 is 2.33 bits per heavy atom. The molecule has 2 unspecified atom stereocenters. The van der Waals surface area contributed by atoms with Gasteiger partial charge in [-0.05, 0) is 69.4 Å². The number of likely N-dealkylation sites (N-methyl/N-ethyl adjacent to an activating group) is 1. The van der Waals surface area contributed by atoms with Gasteiger partial charge < -0.3 is 29.5 Å². The molecule has 3 rings (SSSR count). The summed E-state index contributed by atoms with van der Waals surface area (Å²) in [6.45, 7) is 6.18. The van der Waals surface area contributed by atoms with Gasteiger partial charge in [0.25, 0.3) is 5.91 Å². The molecule has 0 spiro atoms. The summed E-state index contributed by atoms with van der Waals surface area (Å²) in [5.41, 5.74) is 0.543. The highest BCUT2D eigenvalue weighted by Gasteiger charge is 2.31. The number of alkyl carbamates (subject to hydrolysis) is 1. The Hall–Kier alpha value is -3.26. The van der Waals surface area contributed by atoms with Crippen LogP contribution in [0.25, 0.3) is 0 Å². The maximum absolute atomic E-state index is 13.2. The van der Waals surface area contributed by atoms with Crippen LogP contribution in [0.4, 0.5) is 4.79 Å². The summed E-state index contributed by atoms with van der Waals surface area (Å²) < 4.78 is 17.4. The number of phenolic OH excluding ortho intramolecular Hbond substituents is 1. The van der Waals surface area contributed by atoms with Gasteiger partial charge in [0.05, 0.1) is 24.8 Å². The molecular weight excluding hydrogens is 496 g/mol. The smallest absolute Gasteiger partial charge is 0.408 e. The molecule has 2 aromatic carbocycles. The molecule has 1 fully saturated rings. The number of nitrogens with zero attached hydrogens (tertiary/aromatic N) is 1. The number of carbonyl (C=O) groups excluding carboxylic acids is 2. The second-order valence-electron chi connectivity index (χ2n) is 11.4. The molecule has 1 aliphatic carbocycles. The van der Waals surface area contributed by atoms with E-state index in [1.165, 1.54) is 30.2 Å². The summed E-state index contributed by atoms with van der Waals surface area (Å²) in [6.07, 6.45) is 5.45. The van der Waals surface area contributed by atoms with Crippen molar-refractivity contribution in [1.82, 2.24) is 10.2 Å². The molecule has 0 heterocycles. The van der Waals surface area contributed by atoms with E-state index in [1.807, 2.05) is 45.0 Å². The number of phenols is 1. The third kappa shape index (κ3) is 9.77. The third-order valence-electron chi connectivity index (χ3n) is 6.97. The molecule has 1 saturated carbocycles. The summed E-state index contributed by atoms with van der Waals surface area (Å²) in [5, 5.41) is 13.2. The highest BCUT2D eigenvalue weighted by molar-refractivity contribution is 5.96. The summed E-state index contributed by atoms with van der Waals surface area (Å²) in [4.78, 5) is 27.7. The zero-order valence-corrected chi connectivity index (χ0v) is 23.9. The largest absolute Gasteiger partial charge is 0.507 e. The van der Waals surface area contributed by atoms with Gasteiger partial charge in [-0.1, -0.05) is 43.5 Å². The molecule has 0 aromatic heterocycles. The van der Waals surface area contributed by atoms with Crippen molar-refractivity contribution in [3.63, 3.8) is 0 Å². The van der Waals surface area contributed by atoms with Crippen molar-refractivity contribution < 1.29 is 28.9 Å². The molecule has 39 heavy (non-hydrogen) atoms. The lowest BCUT2D eigenvalue weighted by Crippen LogP contribution is -2.53. The van der Waals surface area contributed by atoms with Crippen molar-refractivity contribution in [3.8, 4) is 11.5 Å². The van der Waals surface area contributed by atoms with Crippen LogP contribution in [0.5, 0.6) is 11.5 Å². The van der Waals surface area contributed by atoms with E-state index in [0.29, 0.717) is 18.9 Å². The van der Waals surface area contributed by atoms with Gasteiger partial charge >= 0.3 is 6.09 Å². The molecular formula is C31H44N2O6. The standard InChI is InChI=1S/C31H44N2O6/c1-31(2,3)39-30(36)32-26(20-33(4)29(35)25-13-9-10-14-27(25)34)28(38-21-23-11-7-6-8-12-23)19-22-15-17-24(37-5)18-16-22/h9-10,13-18,23,26,28,34H,6-8,11-12,19-21H2,1-5H3,(H,32,36). The summed E-state index contributed by atoms with van der Waals surface area (Å²) >= 11 is 0. The first-order valence-corrected chi connectivity index (χ1v) is 13.8. The first-order chi connectivity index (χ1) is 18.6. The average Bonchev–Trinajstić information content (AvgIpc) is 2.90. The summed E-state index contributed by atoms with van der Waals surface area (Å²) in [5.74, 6) is 0.795. The minimum absolute atomic E-state index is 0.0886. The van der Waals surface area contributed by atoms with E-state index in [9.17, 15) is 14.7 Å². The number of hydrogen-bond acceptors (Lipinski definition) is 6. The Morgan fingerprint density at radius 2 is 1.72 bits per heavy atom. The van der Waals surface area contributed by atoms with Crippen LogP contribution in [0.1, 0.15) is 68.8 Å². The van der Waals surface area contributed by atoms with Crippen molar-refractivity contribution in [2.24, 2.45) is 5.92 Å². The fraction of sp³-hybridized carbons (Fsp3) is 0.548. The van der Waals surface area contributed by atoms with Gasteiger partial charge in [-0.25, -0.2) is 4.79 Å². The van der Waals surface area contributed by atoms with E-state index >= 15 is 0 Å². The molecule has 2 aromatic rings. The van der Waals surface area contributed by atoms with Gasteiger partial charge in [-0.2, -0.15) is 0 Å². The predicted octanol–water partition coefficient (Wildman–Crippen LogP) is 5.57. The Kier molecular flexibility index (Phi) is 11.0. The fourth-order valence-corrected chi connectivity index (χ4v) is 4.88. The molecule has 214 valence electrons. The number of rotatable bonds is 11. The molecule has 0 saturated heterocycles. The Morgan fingerprint density at radius 1 is 1.05 bits per heavy atom. The van der Waals surface area contributed by atoms with Gasteiger partial charge in [0.2, 0.25) is 0 Å². The van der Waals surface area contributed by atoms with E-state index in [1.54, 1.807) is 32.4 Å².